The van der Waals surface area contributed by atoms with E-state index >= 15 is 0 Å². The zero-order valence-electron chi connectivity index (χ0n) is 25.1. The maximum atomic E-state index is 14.3. The minimum absolute atomic E-state index is 0.00304. The van der Waals surface area contributed by atoms with Crippen LogP contribution in [0.15, 0.2) is 58.9 Å². The smallest absolute Gasteiger partial charge is 0.206 e. The molecule has 42 heavy (non-hydrogen) atoms. The molecule has 5 rings (SSSR count). The Morgan fingerprint density at radius 2 is 1.64 bits per heavy atom. The molecule has 0 unspecified atom stereocenters. The standard InChI is InChI=1S/C35H38O7/c1-18(2)24-14-22(13-23(37)12-21-10-8-7-9-11-21)29(38)27-25(24)16-33(5)17-34(6)15-19(3)26(20(4)36)31(40)35(34,42)32(41)28(33)30(27)39/h7-11,14,18,38,41-42H,12-13,15-17H2,1-6H3/t33-,34+,35+/m1/s1. The third-order valence-corrected chi connectivity index (χ3v) is 9.62. The summed E-state index contributed by atoms with van der Waals surface area (Å²) in [5.74, 6) is -3.32. The van der Waals surface area contributed by atoms with Crippen molar-refractivity contribution in [1.29, 1.82) is 0 Å². The lowest BCUT2D eigenvalue weighted by atomic mass is 9.47. The van der Waals surface area contributed by atoms with Crippen molar-refractivity contribution in [2.45, 2.75) is 85.2 Å². The van der Waals surface area contributed by atoms with Crippen LogP contribution in [0, 0.1) is 10.8 Å². The van der Waals surface area contributed by atoms with Gasteiger partial charge in [-0.25, -0.2) is 0 Å². The summed E-state index contributed by atoms with van der Waals surface area (Å²) in [6, 6.07) is 11.1. The summed E-state index contributed by atoms with van der Waals surface area (Å²) < 4.78 is 0. The average molecular weight is 571 g/mol. The molecule has 3 N–H and O–H groups in total. The van der Waals surface area contributed by atoms with Crippen LogP contribution in [0.2, 0.25) is 0 Å². The maximum Gasteiger partial charge on any atom is 0.206 e. The van der Waals surface area contributed by atoms with Gasteiger partial charge in [-0.05, 0) is 55.7 Å². The second-order valence-electron chi connectivity index (χ2n) is 13.3. The highest BCUT2D eigenvalue weighted by molar-refractivity contribution is 6.25. The minimum atomic E-state index is -2.46. The van der Waals surface area contributed by atoms with Gasteiger partial charge in [-0.2, -0.15) is 0 Å². The average Bonchev–Trinajstić information content (AvgIpc) is 2.87. The van der Waals surface area contributed by atoms with E-state index in [1.54, 1.807) is 13.8 Å². The van der Waals surface area contributed by atoms with Crippen molar-refractivity contribution in [1.82, 2.24) is 0 Å². The lowest BCUT2D eigenvalue weighted by Gasteiger charge is -2.56. The van der Waals surface area contributed by atoms with Gasteiger partial charge in [0.05, 0.1) is 11.1 Å². The lowest BCUT2D eigenvalue weighted by molar-refractivity contribution is -0.157. The molecule has 0 aromatic heterocycles. The Hall–Kier alpha value is -3.84. The predicted octanol–water partition coefficient (Wildman–Crippen LogP) is 5.45. The number of rotatable bonds is 6. The fraction of sp³-hybridized carbons (Fsp3) is 0.429. The van der Waals surface area contributed by atoms with Crippen LogP contribution in [0.25, 0.3) is 0 Å². The maximum absolute atomic E-state index is 14.3. The van der Waals surface area contributed by atoms with E-state index in [0.29, 0.717) is 16.7 Å². The Labute approximate surface area is 246 Å². The van der Waals surface area contributed by atoms with E-state index < -0.39 is 39.5 Å². The fourth-order valence-electron chi connectivity index (χ4n) is 7.93. The molecule has 0 saturated heterocycles. The van der Waals surface area contributed by atoms with Crippen LogP contribution in [0.1, 0.15) is 92.9 Å². The molecule has 0 amide bonds. The number of carbonyl (C=O) groups excluding carboxylic acids is 4. The monoisotopic (exact) mass is 570 g/mol. The number of aliphatic hydroxyl groups excluding tert-OH is 1. The SMILES string of the molecule is CC(=O)C1=C(C)C[C@@]2(C)C[C@@]3(C)Cc4c(C(C)C)cc(CC(=O)Cc5ccccc5)c(O)c4C(=O)C3=C(O)[C@@]2(O)C1=O. The highest BCUT2D eigenvalue weighted by atomic mass is 16.3. The van der Waals surface area contributed by atoms with Crippen LogP contribution in [-0.4, -0.2) is 44.1 Å². The van der Waals surface area contributed by atoms with Crippen LogP contribution in [0.3, 0.4) is 0 Å². The van der Waals surface area contributed by atoms with Crippen LogP contribution in [0.4, 0.5) is 0 Å². The van der Waals surface area contributed by atoms with Gasteiger partial charge in [0.2, 0.25) is 5.78 Å². The van der Waals surface area contributed by atoms with E-state index in [1.807, 2.05) is 57.2 Å². The molecule has 7 heteroatoms. The zero-order chi connectivity index (χ0) is 30.9. The number of allylic oxidation sites excluding steroid dienone is 2. The summed E-state index contributed by atoms with van der Waals surface area (Å²) >= 11 is 0. The molecule has 3 aliphatic carbocycles. The van der Waals surface area contributed by atoms with Gasteiger partial charge in [-0.1, -0.05) is 69.7 Å². The summed E-state index contributed by atoms with van der Waals surface area (Å²) in [6.07, 6.45) is 0.768. The molecule has 0 bridgehead atoms. The molecule has 2 aromatic carbocycles. The van der Waals surface area contributed by atoms with Crippen molar-refractivity contribution >= 4 is 23.1 Å². The molecule has 0 heterocycles. The number of Topliss-reactive ketones (excluding diaryl/α,β-unsaturated/α-hetero) is 4. The zero-order valence-corrected chi connectivity index (χ0v) is 25.1. The first-order valence-electron chi connectivity index (χ1n) is 14.5. The van der Waals surface area contributed by atoms with Gasteiger partial charge >= 0.3 is 0 Å². The van der Waals surface area contributed by atoms with E-state index in [-0.39, 0.29) is 66.3 Å². The molecule has 2 aromatic rings. The van der Waals surface area contributed by atoms with Crippen LogP contribution in [-0.2, 0) is 33.6 Å². The molecule has 3 aliphatic rings. The Kier molecular flexibility index (Phi) is 6.97. The molecule has 0 radical (unpaired) electrons. The molecular weight excluding hydrogens is 532 g/mol. The Morgan fingerprint density at radius 1 is 1.00 bits per heavy atom. The summed E-state index contributed by atoms with van der Waals surface area (Å²) in [5.41, 5.74) is -1.67. The number of fused-ring (bicyclic) bond motifs is 3. The second kappa shape index (κ2) is 9.87. The number of hydrogen-bond acceptors (Lipinski definition) is 7. The molecule has 7 nitrogen and oxygen atoms in total. The fourth-order valence-corrected chi connectivity index (χ4v) is 7.93. The number of phenols is 1. The summed E-state index contributed by atoms with van der Waals surface area (Å²) in [6.45, 7) is 10.5. The second-order valence-corrected chi connectivity index (χ2v) is 13.3. The highest BCUT2D eigenvalue weighted by Crippen LogP contribution is 2.62. The number of carbonyl (C=O) groups is 4. The predicted molar refractivity (Wildman–Crippen MR) is 158 cm³/mol. The first kappa shape index (κ1) is 29.6. The van der Waals surface area contributed by atoms with Crippen molar-refractivity contribution in [3.05, 3.63) is 86.7 Å². The summed E-state index contributed by atoms with van der Waals surface area (Å²) in [4.78, 5) is 53.5. The summed E-state index contributed by atoms with van der Waals surface area (Å²) in [7, 11) is 0. The van der Waals surface area contributed by atoms with Gasteiger partial charge in [-0.3, -0.25) is 19.2 Å². The Balaban J connectivity index is 1.66. The lowest BCUT2D eigenvalue weighted by Crippen LogP contribution is -2.63. The largest absolute Gasteiger partial charge is 0.508 e. The molecule has 0 fully saturated rings. The van der Waals surface area contributed by atoms with Crippen molar-refractivity contribution in [3.63, 3.8) is 0 Å². The summed E-state index contributed by atoms with van der Waals surface area (Å²) in [5, 5.41) is 35.2. The van der Waals surface area contributed by atoms with E-state index in [4.69, 9.17) is 0 Å². The van der Waals surface area contributed by atoms with E-state index in [9.17, 15) is 34.5 Å². The quantitative estimate of drug-likeness (QED) is 0.394. The van der Waals surface area contributed by atoms with Crippen LogP contribution >= 0.6 is 0 Å². The van der Waals surface area contributed by atoms with Crippen molar-refractivity contribution in [2.24, 2.45) is 10.8 Å². The van der Waals surface area contributed by atoms with Crippen molar-refractivity contribution < 1.29 is 34.5 Å². The number of benzene rings is 2. The minimum Gasteiger partial charge on any atom is -0.508 e. The van der Waals surface area contributed by atoms with Gasteiger partial charge < -0.3 is 15.3 Å². The van der Waals surface area contributed by atoms with Gasteiger partial charge in [0.25, 0.3) is 0 Å². The molecule has 0 spiro atoms. The van der Waals surface area contributed by atoms with Crippen molar-refractivity contribution in [2.75, 3.05) is 0 Å². The Morgan fingerprint density at radius 3 is 2.24 bits per heavy atom. The number of aliphatic hydroxyl groups is 2. The first-order chi connectivity index (χ1) is 19.6. The van der Waals surface area contributed by atoms with Gasteiger partial charge in [0.15, 0.2) is 17.2 Å². The van der Waals surface area contributed by atoms with E-state index in [1.165, 1.54) is 6.92 Å². The van der Waals surface area contributed by atoms with E-state index in [2.05, 4.69) is 0 Å². The molecule has 3 atom stereocenters. The Bertz CT molecular complexity index is 1630. The molecule has 220 valence electrons. The number of ketones is 4. The number of hydrogen-bond donors (Lipinski definition) is 3. The number of phenolic OH excluding ortho intramolecular Hbond substituents is 1. The molecular formula is C35H38O7. The van der Waals surface area contributed by atoms with Crippen LogP contribution in [0.5, 0.6) is 5.75 Å². The highest BCUT2D eigenvalue weighted by Gasteiger charge is 2.67. The van der Waals surface area contributed by atoms with Crippen LogP contribution < -0.4 is 0 Å². The van der Waals surface area contributed by atoms with Gasteiger partial charge in [0, 0.05) is 34.8 Å². The third kappa shape index (κ3) is 4.20. The first-order valence-corrected chi connectivity index (χ1v) is 14.5. The van der Waals surface area contributed by atoms with Crippen molar-refractivity contribution in [3.8, 4) is 5.75 Å². The third-order valence-electron chi connectivity index (χ3n) is 9.62. The van der Waals surface area contributed by atoms with Gasteiger partial charge in [0.1, 0.15) is 17.3 Å². The molecule has 0 aliphatic heterocycles. The van der Waals surface area contributed by atoms with E-state index in [0.717, 1.165) is 11.1 Å². The normalized spacial score (nSPS) is 27.1. The molecule has 0 saturated carbocycles. The number of aromatic hydroxyl groups is 1. The van der Waals surface area contributed by atoms with Gasteiger partial charge in [-0.15, -0.1) is 0 Å². The topological polar surface area (TPSA) is 129 Å².